The molecule has 0 aromatic heterocycles. The largest absolute Gasteiger partial charge is 0.507 e. The molecule has 3 rings (SSSR count). The summed E-state index contributed by atoms with van der Waals surface area (Å²) in [5, 5.41) is 11.3. The summed E-state index contributed by atoms with van der Waals surface area (Å²) >= 11 is 0. The summed E-state index contributed by atoms with van der Waals surface area (Å²) in [4.78, 5) is 30.4. The van der Waals surface area contributed by atoms with Crippen molar-refractivity contribution in [2.75, 3.05) is 39.9 Å². The Morgan fingerprint density at radius 2 is 1.72 bits per heavy atom. The van der Waals surface area contributed by atoms with Gasteiger partial charge in [0.25, 0.3) is 11.7 Å². The number of carbonyl (C=O) groups excluding carboxylic acids is 2. The first-order valence-electron chi connectivity index (χ1n) is 12.7. The summed E-state index contributed by atoms with van der Waals surface area (Å²) < 4.78 is 11.4. The van der Waals surface area contributed by atoms with Crippen LogP contribution in [0.15, 0.2) is 48.0 Å². The molecule has 1 fully saturated rings. The van der Waals surface area contributed by atoms with Gasteiger partial charge in [0.15, 0.2) is 11.5 Å². The van der Waals surface area contributed by atoms with E-state index < -0.39 is 17.7 Å². The fourth-order valence-corrected chi connectivity index (χ4v) is 4.51. The van der Waals surface area contributed by atoms with E-state index in [4.69, 9.17) is 9.47 Å². The molecule has 2 aromatic carbocycles. The summed E-state index contributed by atoms with van der Waals surface area (Å²) in [7, 11) is 1.56. The van der Waals surface area contributed by atoms with Crippen molar-refractivity contribution in [1.29, 1.82) is 0 Å². The number of nitrogens with zero attached hydrogens (tertiary/aromatic N) is 2. The minimum Gasteiger partial charge on any atom is -0.507 e. The third kappa shape index (κ3) is 5.90. The van der Waals surface area contributed by atoms with Gasteiger partial charge in [-0.3, -0.25) is 9.59 Å². The highest BCUT2D eigenvalue weighted by atomic mass is 16.5. The molecule has 1 amide bonds. The van der Waals surface area contributed by atoms with Crippen LogP contribution >= 0.6 is 0 Å². The monoisotopic (exact) mass is 494 g/mol. The van der Waals surface area contributed by atoms with Crippen molar-refractivity contribution >= 4 is 17.4 Å². The van der Waals surface area contributed by atoms with E-state index in [1.165, 1.54) is 0 Å². The quantitative estimate of drug-likeness (QED) is 0.256. The van der Waals surface area contributed by atoms with Crippen molar-refractivity contribution in [2.45, 2.75) is 46.6 Å². The number of likely N-dealkylation sites (tertiary alicyclic amines) is 1. The standard InChI is InChI=1S/C29H38N2O5/c1-6-18-36-23-15-14-22(19-24(23)35-5)26-25(27(32)21-12-10-20(4)11-13-21)28(33)29(34)31(26)17-9-16-30(7-2)8-3/h10-15,19,26,32H,6-9,16-18H2,1-5H3/t26-/m1/s1. The zero-order valence-electron chi connectivity index (χ0n) is 22.0. The molecule has 1 saturated heterocycles. The average Bonchev–Trinajstić information content (AvgIpc) is 3.14. The lowest BCUT2D eigenvalue weighted by molar-refractivity contribution is -0.140. The predicted octanol–water partition coefficient (Wildman–Crippen LogP) is 4.95. The first kappa shape index (κ1) is 27.3. The van der Waals surface area contributed by atoms with Crippen LogP contribution in [0.1, 0.15) is 56.3 Å². The molecule has 0 unspecified atom stereocenters. The Hall–Kier alpha value is -3.32. The second-order valence-electron chi connectivity index (χ2n) is 9.00. The highest BCUT2D eigenvalue weighted by Gasteiger charge is 2.46. The molecule has 7 nitrogen and oxygen atoms in total. The van der Waals surface area contributed by atoms with E-state index in [2.05, 4.69) is 18.7 Å². The van der Waals surface area contributed by atoms with Crippen LogP contribution in [0.5, 0.6) is 11.5 Å². The maximum Gasteiger partial charge on any atom is 0.295 e. The van der Waals surface area contributed by atoms with Crippen molar-refractivity contribution in [2.24, 2.45) is 0 Å². The molecule has 1 aliphatic heterocycles. The molecule has 0 spiro atoms. The van der Waals surface area contributed by atoms with Gasteiger partial charge in [-0.05, 0) is 57.1 Å². The van der Waals surface area contributed by atoms with Crippen LogP contribution in [0.25, 0.3) is 5.76 Å². The molecule has 1 atom stereocenters. The van der Waals surface area contributed by atoms with Crippen molar-refractivity contribution in [1.82, 2.24) is 9.80 Å². The van der Waals surface area contributed by atoms with Crippen LogP contribution in [0.3, 0.4) is 0 Å². The number of ether oxygens (including phenoxy) is 2. The van der Waals surface area contributed by atoms with Crippen molar-refractivity contribution in [3.8, 4) is 11.5 Å². The molecule has 2 aromatic rings. The first-order valence-corrected chi connectivity index (χ1v) is 12.7. The Bertz CT molecular complexity index is 1090. The molecule has 0 aliphatic carbocycles. The van der Waals surface area contributed by atoms with Crippen LogP contribution < -0.4 is 9.47 Å². The number of Topliss-reactive ketones (excluding diaryl/α,β-unsaturated/α-hetero) is 1. The van der Waals surface area contributed by atoms with Gasteiger partial charge < -0.3 is 24.4 Å². The lowest BCUT2D eigenvalue weighted by Crippen LogP contribution is -2.33. The van der Waals surface area contributed by atoms with Crippen LogP contribution in [0, 0.1) is 6.92 Å². The van der Waals surface area contributed by atoms with E-state index in [1.807, 2.05) is 32.0 Å². The van der Waals surface area contributed by atoms with Crippen LogP contribution in [-0.4, -0.2) is 66.5 Å². The highest BCUT2D eigenvalue weighted by Crippen LogP contribution is 2.42. The second-order valence-corrected chi connectivity index (χ2v) is 9.00. The second kappa shape index (κ2) is 12.6. The number of hydrogen-bond donors (Lipinski definition) is 1. The summed E-state index contributed by atoms with van der Waals surface area (Å²) in [5.74, 6) is -0.329. The van der Waals surface area contributed by atoms with Crippen molar-refractivity contribution in [3.05, 3.63) is 64.7 Å². The molecule has 194 valence electrons. The summed E-state index contributed by atoms with van der Waals surface area (Å²) in [6.45, 7) is 11.8. The van der Waals surface area contributed by atoms with E-state index in [9.17, 15) is 14.7 Å². The lowest BCUT2D eigenvalue weighted by Gasteiger charge is -2.27. The zero-order chi connectivity index (χ0) is 26.2. The Morgan fingerprint density at radius 1 is 1.03 bits per heavy atom. The molecular formula is C29H38N2O5. The summed E-state index contributed by atoms with van der Waals surface area (Å²) in [6.07, 6.45) is 1.57. The fraction of sp³-hybridized carbons (Fsp3) is 0.448. The van der Waals surface area contributed by atoms with Gasteiger partial charge in [-0.2, -0.15) is 0 Å². The van der Waals surface area contributed by atoms with Crippen molar-refractivity contribution in [3.63, 3.8) is 0 Å². The van der Waals surface area contributed by atoms with Crippen molar-refractivity contribution < 1.29 is 24.2 Å². The normalized spacial score (nSPS) is 17.2. The van der Waals surface area contributed by atoms with Gasteiger partial charge in [0, 0.05) is 12.1 Å². The van der Waals surface area contributed by atoms with Gasteiger partial charge in [0.05, 0.1) is 25.3 Å². The molecule has 0 saturated carbocycles. The van der Waals surface area contributed by atoms with Gasteiger partial charge >= 0.3 is 0 Å². The molecule has 1 N–H and O–H groups in total. The van der Waals surface area contributed by atoms with Crippen LogP contribution in [-0.2, 0) is 9.59 Å². The fourth-order valence-electron chi connectivity index (χ4n) is 4.51. The zero-order valence-corrected chi connectivity index (χ0v) is 22.0. The van der Waals surface area contributed by atoms with E-state index in [0.717, 1.165) is 31.6 Å². The van der Waals surface area contributed by atoms with Gasteiger partial charge in [-0.25, -0.2) is 0 Å². The smallest absolute Gasteiger partial charge is 0.295 e. The number of benzene rings is 2. The summed E-state index contributed by atoms with van der Waals surface area (Å²) in [5.41, 5.74) is 2.32. The Balaban J connectivity index is 2.07. The number of aliphatic hydroxyl groups excluding tert-OH is 1. The van der Waals surface area contributed by atoms with Crippen LogP contribution in [0.4, 0.5) is 0 Å². The Kier molecular flexibility index (Phi) is 9.53. The number of aliphatic hydroxyl groups is 1. The number of methoxy groups -OCH3 is 1. The first-order chi connectivity index (χ1) is 17.4. The number of ketones is 1. The SMILES string of the molecule is CCCOc1ccc([C@@H]2C(=C(O)c3ccc(C)cc3)C(=O)C(=O)N2CCCN(CC)CC)cc1OC. The minimum absolute atomic E-state index is 0.0935. The molecule has 0 bridgehead atoms. The van der Waals surface area contributed by atoms with Gasteiger partial charge in [-0.1, -0.05) is 56.7 Å². The minimum atomic E-state index is -0.725. The third-order valence-corrected chi connectivity index (χ3v) is 6.60. The molecule has 0 radical (unpaired) electrons. The third-order valence-electron chi connectivity index (χ3n) is 6.60. The number of aryl methyl sites for hydroxylation is 1. The van der Waals surface area contributed by atoms with E-state index in [1.54, 1.807) is 36.3 Å². The van der Waals surface area contributed by atoms with Gasteiger partial charge in [0.2, 0.25) is 0 Å². The lowest BCUT2D eigenvalue weighted by atomic mass is 9.94. The number of rotatable bonds is 12. The topological polar surface area (TPSA) is 79.3 Å². The Labute approximate surface area is 214 Å². The van der Waals surface area contributed by atoms with Gasteiger partial charge in [0.1, 0.15) is 5.76 Å². The number of amides is 1. The van der Waals surface area contributed by atoms with E-state index in [0.29, 0.717) is 42.2 Å². The molecular weight excluding hydrogens is 456 g/mol. The molecule has 36 heavy (non-hydrogen) atoms. The number of carbonyl (C=O) groups is 2. The average molecular weight is 495 g/mol. The van der Waals surface area contributed by atoms with E-state index >= 15 is 0 Å². The number of hydrogen-bond acceptors (Lipinski definition) is 6. The highest BCUT2D eigenvalue weighted by molar-refractivity contribution is 6.46. The maximum absolute atomic E-state index is 13.3. The molecule has 7 heteroatoms. The predicted molar refractivity (Wildman–Crippen MR) is 141 cm³/mol. The van der Waals surface area contributed by atoms with E-state index in [-0.39, 0.29) is 11.3 Å². The Morgan fingerprint density at radius 3 is 2.33 bits per heavy atom. The van der Waals surface area contributed by atoms with Crippen LogP contribution in [0.2, 0.25) is 0 Å². The summed E-state index contributed by atoms with van der Waals surface area (Å²) in [6, 6.07) is 12.0. The van der Waals surface area contributed by atoms with Gasteiger partial charge in [-0.15, -0.1) is 0 Å². The molecule has 1 aliphatic rings. The molecule has 1 heterocycles. The maximum atomic E-state index is 13.3.